The molecule has 1 aromatic rings. The largest absolute Gasteiger partial charge is 0.464 e. The van der Waals surface area contributed by atoms with Gasteiger partial charge in [-0.1, -0.05) is 0 Å². The monoisotopic (exact) mass is 230 g/mol. The van der Waals surface area contributed by atoms with E-state index in [9.17, 15) is 13.6 Å². The number of carbonyl (C=O) groups is 1. The van der Waals surface area contributed by atoms with Crippen LogP contribution >= 0.6 is 0 Å². The highest BCUT2D eigenvalue weighted by Crippen LogP contribution is 2.25. The van der Waals surface area contributed by atoms with E-state index in [0.717, 1.165) is 13.2 Å². The van der Waals surface area contributed by atoms with Crippen LogP contribution in [0.3, 0.4) is 0 Å². The van der Waals surface area contributed by atoms with Gasteiger partial charge in [0.1, 0.15) is 5.69 Å². The number of carbonyl (C=O) groups excluding carboxylic acids is 1. The second-order valence-electron chi connectivity index (χ2n) is 3.16. The third kappa shape index (κ3) is 2.33. The molecule has 0 saturated heterocycles. The number of rotatable bonds is 3. The first kappa shape index (κ1) is 12.5. The van der Waals surface area contributed by atoms with Gasteiger partial charge in [0.15, 0.2) is 0 Å². The predicted octanol–water partition coefficient (Wildman–Crippen LogP) is 1.57. The Bertz CT molecular complexity index is 408. The smallest absolute Gasteiger partial charge is 0.356 e. The summed E-state index contributed by atoms with van der Waals surface area (Å²) in [5.41, 5.74) is 5.57. The zero-order chi connectivity index (χ0) is 12.3. The average molecular weight is 230 g/mol. The number of ether oxygens (including phenoxy) is 1. The van der Waals surface area contributed by atoms with Gasteiger partial charge in [-0.2, -0.15) is 0 Å². The molecule has 0 fully saturated rings. The van der Waals surface area contributed by atoms with Gasteiger partial charge in [-0.25, -0.2) is 18.6 Å². The fraction of sp³-hybridized carbons (Fsp3) is 0.400. The summed E-state index contributed by atoms with van der Waals surface area (Å²) in [6, 6.07) is 1.03. The summed E-state index contributed by atoms with van der Waals surface area (Å²) in [6.45, 7) is 1.49. The summed E-state index contributed by atoms with van der Waals surface area (Å²) in [5, 5.41) is 0. The highest BCUT2D eigenvalue weighted by atomic mass is 19.3. The quantitative estimate of drug-likeness (QED) is 0.800. The number of nitrogens with zero attached hydrogens (tertiary/aromatic N) is 1. The molecule has 0 aromatic carbocycles. The third-order valence-electron chi connectivity index (χ3n) is 2.24. The van der Waals surface area contributed by atoms with Crippen LogP contribution in [0.5, 0.6) is 0 Å². The molecule has 0 aliphatic heterocycles. The van der Waals surface area contributed by atoms with Gasteiger partial charge in [-0.05, 0) is 18.6 Å². The van der Waals surface area contributed by atoms with Gasteiger partial charge in [-0.3, -0.25) is 0 Å². The SMILES string of the molecule is COC(=O)c1cc(C(F)F)c(C)c(CN)n1. The van der Waals surface area contributed by atoms with E-state index in [0.29, 0.717) is 5.56 Å². The number of alkyl halides is 2. The molecule has 6 heteroatoms. The normalized spacial score (nSPS) is 10.6. The van der Waals surface area contributed by atoms with Crippen LogP contribution in [0.25, 0.3) is 0 Å². The number of aromatic nitrogens is 1. The molecule has 0 unspecified atom stereocenters. The minimum Gasteiger partial charge on any atom is -0.464 e. The average Bonchev–Trinajstić information content (AvgIpc) is 2.27. The van der Waals surface area contributed by atoms with Crippen LogP contribution in [-0.2, 0) is 11.3 Å². The minimum atomic E-state index is -2.67. The Morgan fingerprint density at radius 1 is 1.62 bits per heavy atom. The summed E-state index contributed by atoms with van der Waals surface area (Å²) in [5.74, 6) is -0.753. The molecule has 0 aliphatic carbocycles. The van der Waals surface area contributed by atoms with E-state index in [4.69, 9.17) is 5.73 Å². The molecular weight excluding hydrogens is 218 g/mol. The van der Waals surface area contributed by atoms with E-state index in [1.807, 2.05) is 0 Å². The fourth-order valence-electron chi connectivity index (χ4n) is 1.32. The van der Waals surface area contributed by atoms with Crippen molar-refractivity contribution in [3.8, 4) is 0 Å². The van der Waals surface area contributed by atoms with Crippen LogP contribution in [0, 0.1) is 6.92 Å². The standard InChI is InChI=1S/C10H12F2N2O2/c1-5-6(9(11)12)3-7(10(15)16-2)14-8(5)4-13/h3,9H,4,13H2,1-2H3. The Balaban J connectivity index is 3.34. The Kier molecular flexibility index (Phi) is 3.89. The maximum atomic E-state index is 12.7. The second kappa shape index (κ2) is 4.98. The second-order valence-corrected chi connectivity index (χ2v) is 3.16. The fourth-order valence-corrected chi connectivity index (χ4v) is 1.32. The maximum absolute atomic E-state index is 12.7. The Labute approximate surface area is 91.4 Å². The maximum Gasteiger partial charge on any atom is 0.356 e. The zero-order valence-electron chi connectivity index (χ0n) is 8.96. The number of nitrogens with two attached hydrogens (primary N) is 1. The molecule has 0 amide bonds. The first-order chi connectivity index (χ1) is 7.51. The number of hydrogen-bond acceptors (Lipinski definition) is 4. The van der Waals surface area contributed by atoms with Crippen molar-refractivity contribution in [2.75, 3.05) is 7.11 Å². The van der Waals surface area contributed by atoms with Crippen molar-refractivity contribution in [1.82, 2.24) is 4.98 Å². The number of hydrogen-bond donors (Lipinski definition) is 1. The highest BCUT2D eigenvalue weighted by molar-refractivity contribution is 5.87. The van der Waals surface area contributed by atoms with Gasteiger partial charge in [0, 0.05) is 12.1 Å². The summed E-state index contributed by atoms with van der Waals surface area (Å²) >= 11 is 0. The number of halogens is 2. The van der Waals surface area contributed by atoms with Crippen molar-refractivity contribution in [2.24, 2.45) is 5.73 Å². The number of methoxy groups -OCH3 is 1. The van der Waals surface area contributed by atoms with Gasteiger partial charge < -0.3 is 10.5 Å². The lowest BCUT2D eigenvalue weighted by molar-refractivity contribution is 0.0593. The van der Waals surface area contributed by atoms with E-state index in [1.165, 1.54) is 6.92 Å². The van der Waals surface area contributed by atoms with Gasteiger partial charge in [0.2, 0.25) is 0 Å². The van der Waals surface area contributed by atoms with Crippen LogP contribution in [0.2, 0.25) is 0 Å². The van der Waals surface area contributed by atoms with E-state index >= 15 is 0 Å². The molecule has 0 radical (unpaired) electrons. The van der Waals surface area contributed by atoms with E-state index in [1.54, 1.807) is 0 Å². The molecule has 4 nitrogen and oxygen atoms in total. The third-order valence-corrected chi connectivity index (χ3v) is 2.24. The lowest BCUT2D eigenvalue weighted by Gasteiger charge is -2.10. The Morgan fingerprint density at radius 3 is 2.69 bits per heavy atom. The van der Waals surface area contributed by atoms with Gasteiger partial charge in [0.05, 0.1) is 12.8 Å². The van der Waals surface area contributed by atoms with Crippen molar-refractivity contribution < 1.29 is 18.3 Å². The number of pyridine rings is 1. The Hall–Kier alpha value is -1.56. The molecule has 1 heterocycles. The molecule has 2 N–H and O–H groups in total. The summed E-state index contributed by atoms with van der Waals surface area (Å²) in [6.07, 6.45) is -2.67. The predicted molar refractivity (Wildman–Crippen MR) is 53.2 cm³/mol. The van der Waals surface area contributed by atoms with Crippen molar-refractivity contribution >= 4 is 5.97 Å². The molecule has 16 heavy (non-hydrogen) atoms. The molecule has 0 saturated carbocycles. The van der Waals surface area contributed by atoms with Crippen LogP contribution in [0.4, 0.5) is 8.78 Å². The Morgan fingerprint density at radius 2 is 2.25 bits per heavy atom. The summed E-state index contributed by atoms with van der Waals surface area (Å²) < 4.78 is 29.8. The van der Waals surface area contributed by atoms with Crippen molar-refractivity contribution in [1.29, 1.82) is 0 Å². The lowest BCUT2D eigenvalue weighted by atomic mass is 10.1. The molecule has 88 valence electrons. The molecule has 0 bridgehead atoms. The van der Waals surface area contributed by atoms with Crippen LogP contribution < -0.4 is 5.73 Å². The lowest BCUT2D eigenvalue weighted by Crippen LogP contribution is -2.12. The van der Waals surface area contributed by atoms with Crippen LogP contribution in [0.15, 0.2) is 6.07 Å². The first-order valence-electron chi connectivity index (χ1n) is 4.58. The van der Waals surface area contributed by atoms with E-state index < -0.39 is 12.4 Å². The van der Waals surface area contributed by atoms with Crippen LogP contribution in [-0.4, -0.2) is 18.1 Å². The van der Waals surface area contributed by atoms with Gasteiger partial charge in [-0.15, -0.1) is 0 Å². The summed E-state index contributed by atoms with van der Waals surface area (Å²) in [7, 11) is 1.16. The first-order valence-corrected chi connectivity index (χ1v) is 4.58. The van der Waals surface area contributed by atoms with Crippen LogP contribution in [0.1, 0.15) is 33.7 Å². The molecule has 0 atom stereocenters. The zero-order valence-corrected chi connectivity index (χ0v) is 8.96. The molecule has 1 aromatic heterocycles. The van der Waals surface area contributed by atoms with Crippen molar-refractivity contribution in [3.05, 3.63) is 28.6 Å². The highest BCUT2D eigenvalue weighted by Gasteiger charge is 2.18. The molecule has 1 rings (SSSR count). The topological polar surface area (TPSA) is 65.2 Å². The van der Waals surface area contributed by atoms with Gasteiger partial charge in [0.25, 0.3) is 6.43 Å². The van der Waals surface area contributed by atoms with E-state index in [2.05, 4.69) is 9.72 Å². The molecular formula is C10H12F2N2O2. The summed E-state index contributed by atoms with van der Waals surface area (Å²) in [4.78, 5) is 15.1. The minimum absolute atomic E-state index is 0.00358. The van der Waals surface area contributed by atoms with E-state index in [-0.39, 0.29) is 23.5 Å². The van der Waals surface area contributed by atoms with Gasteiger partial charge >= 0.3 is 5.97 Å². The molecule has 0 aliphatic rings. The van der Waals surface area contributed by atoms with Crippen molar-refractivity contribution in [2.45, 2.75) is 19.9 Å². The molecule has 0 spiro atoms. The van der Waals surface area contributed by atoms with Crippen molar-refractivity contribution in [3.63, 3.8) is 0 Å². The number of esters is 1.